The molecule has 5 heteroatoms. The Morgan fingerprint density at radius 3 is 2.60 bits per heavy atom. The van der Waals surface area contributed by atoms with E-state index in [0.29, 0.717) is 24.8 Å². The van der Waals surface area contributed by atoms with Gasteiger partial charge in [-0.15, -0.1) is 10.2 Å². The zero-order chi connectivity index (χ0) is 10.9. The molecule has 0 bridgehead atoms. The molecule has 0 saturated carbocycles. The third kappa shape index (κ3) is 4.90. The highest BCUT2D eigenvalue weighted by molar-refractivity contribution is 4.82. The number of hydrogen-bond acceptors (Lipinski definition) is 5. The standard InChI is InChI=1S/C10H19N3O2/c1-3-6-11-7-4-9-12-13-10(15-9)5-8-14-2/h11H,3-8H2,1-2H3. The van der Waals surface area contributed by atoms with Gasteiger partial charge in [-0.3, -0.25) is 0 Å². The number of methoxy groups -OCH3 is 1. The lowest BCUT2D eigenvalue weighted by Gasteiger charge is -1.98. The zero-order valence-corrected chi connectivity index (χ0v) is 9.45. The van der Waals surface area contributed by atoms with E-state index in [4.69, 9.17) is 9.15 Å². The van der Waals surface area contributed by atoms with Gasteiger partial charge in [-0.05, 0) is 13.0 Å². The van der Waals surface area contributed by atoms with Crippen LogP contribution in [0.5, 0.6) is 0 Å². The Kier molecular flexibility index (Phi) is 5.96. The van der Waals surface area contributed by atoms with Crippen molar-refractivity contribution >= 4 is 0 Å². The van der Waals surface area contributed by atoms with Crippen LogP contribution in [0, 0.1) is 0 Å². The normalized spacial score (nSPS) is 10.8. The number of nitrogens with one attached hydrogen (secondary N) is 1. The molecule has 0 fully saturated rings. The number of hydrogen-bond donors (Lipinski definition) is 1. The molecule has 1 heterocycles. The van der Waals surface area contributed by atoms with Gasteiger partial charge in [0.2, 0.25) is 11.8 Å². The van der Waals surface area contributed by atoms with E-state index in [1.54, 1.807) is 7.11 Å². The molecule has 86 valence electrons. The van der Waals surface area contributed by atoms with Gasteiger partial charge in [0.25, 0.3) is 0 Å². The highest BCUT2D eigenvalue weighted by Crippen LogP contribution is 2.00. The van der Waals surface area contributed by atoms with Crippen molar-refractivity contribution in [2.45, 2.75) is 26.2 Å². The van der Waals surface area contributed by atoms with Crippen molar-refractivity contribution in [1.29, 1.82) is 0 Å². The molecule has 0 aliphatic rings. The van der Waals surface area contributed by atoms with Gasteiger partial charge in [-0.2, -0.15) is 0 Å². The summed E-state index contributed by atoms with van der Waals surface area (Å²) in [4.78, 5) is 0. The Hall–Kier alpha value is -0.940. The molecule has 0 aromatic carbocycles. The molecule has 0 spiro atoms. The number of ether oxygens (including phenoxy) is 1. The van der Waals surface area contributed by atoms with Crippen molar-refractivity contribution in [1.82, 2.24) is 15.5 Å². The third-order valence-corrected chi connectivity index (χ3v) is 1.97. The molecule has 0 atom stereocenters. The first kappa shape index (κ1) is 12.1. The van der Waals surface area contributed by atoms with Crippen LogP contribution < -0.4 is 5.32 Å². The van der Waals surface area contributed by atoms with Gasteiger partial charge in [0.05, 0.1) is 6.61 Å². The quantitative estimate of drug-likeness (QED) is 0.647. The first-order valence-corrected chi connectivity index (χ1v) is 5.37. The van der Waals surface area contributed by atoms with Crippen LogP contribution in [0.2, 0.25) is 0 Å². The summed E-state index contributed by atoms with van der Waals surface area (Å²) < 4.78 is 10.4. The minimum absolute atomic E-state index is 0.621. The van der Waals surface area contributed by atoms with Gasteiger partial charge >= 0.3 is 0 Å². The van der Waals surface area contributed by atoms with E-state index in [-0.39, 0.29) is 0 Å². The largest absolute Gasteiger partial charge is 0.425 e. The molecule has 1 aromatic rings. The van der Waals surface area contributed by atoms with Crippen LogP contribution in [0.1, 0.15) is 25.1 Å². The Morgan fingerprint density at radius 1 is 1.20 bits per heavy atom. The van der Waals surface area contributed by atoms with Crippen molar-refractivity contribution in [3.8, 4) is 0 Å². The first-order valence-electron chi connectivity index (χ1n) is 5.37. The maximum absolute atomic E-state index is 5.42. The molecule has 0 amide bonds. The molecule has 0 unspecified atom stereocenters. The topological polar surface area (TPSA) is 60.2 Å². The zero-order valence-electron chi connectivity index (χ0n) is 9.45. The number of rotatable bonds is 8. The smallest absolute Gasteiger partial charge is 0.218 e. The van der Waals surface area contributed by atoms with Crippen LogP contribution in [-0.2, 0) is 17.6 Å². The highest BCUT2D eigenvalue weighted by Gasteiger charge is 2.04. The molecule has 1 N–H and O–H groups in total. The van der Waals surface area contributed by atoms with Gasteiger partial charge in [-0.1, -0.05) is 6.92 Å². The predicted molar refractivity (Wildman–Crippen MR) is 56.7 cm³/mol. The van der Waals surface area contributed by atoms with Gasteiger partial charge in [0.1, 0.15) is 0 Å². The Labute approximate surface area is 90.2 Å². The van der Waals surface area contributed by atoms with Gasteiger partial charge in [0, 0.05) is 26.5 Å². The molecule has 0 radical (unpaired) electrons. The Balaban J connectivity index is 2.20. The van der Waals surface area contributed by atoms with Crippen LogP contribution in [0.15, 0.2) is 4.42 Å². The Morgan fingerprint density at radius 2 is 1.93 bits per heavy atom. The molecule has 0 aliphatic heterocycles. The molecule has 1 aromatic heterocycles. The van der Waals surface area contributed by atoms with Crippen LogP contribution >= 0.6 is 0 Å². The predicted octanol–water partition coefficient (Wildman–Crippen LogP) is 0.801. The van der Waals surface area contributed by atoms with Crippen LogP contribution in [-0.4, -0.2) is 37.0 Å². The first-order chi connectivity index (χ1) is 7.36. The van der Waals surface area contributed by atoms with Crippen LogP contribution in [0.25, 0.3) is 0 Å². The molecule has 0 aliphatic carbocycles. The molecule has 5 nitrogen and oxygen atoms in total. The fourth-order valence-corrected chi connectivity index (χ4v) is 1.18. The summed E-state index contributed by atoms with van der Waals surface area (Å²) in [6.07, 6.45) is 2.62. The average Bonchev–Trinajstić information content (AvgIpc) is 2.69. The molecule has 1 rings (SSSR count). The van der Waals surface area contributed by atoms with E-state index in [1.165, 1.54) is 0 Å². The highest BCUT2D eigenvalue weighted by atomic mass is 16.5. The SMILES string of the molecule is CCCNCCc1nnc(CCOC)o1. The fraction of sp³-hybridized carbons (Fsp3) is 0.800. The van der Waals surface area contributed by atoms with Gasteiger partial charge < -0.3 is 14.5 Å². The van der Waals surface area contributed by atoms with Crippen molar-refractivity contribution in [2.75, 3.05) is 26.8 Å². The van der Waals surface area contributed by atoms with E-state index < -0.39 is 0 Å². The second-order valence-corrected chi connectivity index (χ2v) is 3.33. The van der Waals surface area contributed by atoms with Crippen LogP contribution in [0.3, 0.4) is 0 Å². The van der Waals surface area contributed by atoms with Crippen molar-refractivity contribution in [3.05, 3.63) is 11.8 Å². The summed E-state index contributed by atoms with van der Waals surface area (Å²) in [5.41, 5.74) is 0. The van der Waals surface area contributed by atoms with Crippen molar-refractivity contribution in [2.24, 2.45) is 0 Å². The lowest BCUT2D eigenvalue weighted by Crippen LogP contribution is -2.17. The third-order valence-electron chi connectivity index (χ3n) is 1.97. The fourth-order valence-electron chi connectivity index (χ4n) is 1.18. The van der Waals surface area contributed by atoms with Crippen molar-refractivity contribution < 1.29 is 9.15 Å². The van der Waals surface area contributed by atoms with E-state index >= 15 is 0 Å². The van der Waals surface area contributed by atoms with E-state index in [2.05, 4.69) is 22.4 Å². The van der Waals surface area contributed by atoms with Crippen LogP contribution in [0.4, 0.5) is 0 Å². The second kappa shape index (κ2) is 7.36. The van der Waals surface area contributed by atoms with E-state index in [9.17, 15) is 0 Å². The minimum atomic E-state index is 0.621. The number of nitrogens with zero attached hydrogens (tertiary/aromatic N) is 2. The summed E-state index contributed by atoms with van der Waals surface area (Å²) in [5, 5.41) is 11.2. The summed E-state index contributed by atoms with van der Waals surface area (Å²) in [6.45, 7) is 4.68. The second-order valence-electron chi connectivity index (χ2n) is 3.33. The monoisotopic (exact) mass is 213 g/mol. The minimum Gasteiger partial charge on any atom is -0.425 e. The van der Waals surface area contributed by atoms with Gasteiger partial charge in [-0.25, -0.2) is 0 Å². The number of aromatic nitrogens is 2. The van der Waals surface area contributed by atoms with E-state index in [1.807, 2.05) is 0 Å². The average molecular weight is 213 g/mol. The maximum Gasteiger partial charge on any atom is 0.218 e. The summed E-state index contributed by atoms with van der Waals surface area (Å²) >= 11 is 0. The molecule has 0 saturated heterocycles. The van der Waals surface area contributed by atoms with Gasteiger partial charge in [0.15, 0.2) is 0 Å². The summed E-state index contributed by atoms with van der Waals surface area (Å²) in [6, 6.07) is 0. The molecular formula is C10H19N3O2. The van der Waals surface area contributed by atoms with Crippen molar-refractivity contribution in [3.63, 3.8) is 0 Å². The summed E-state index contributed by atoms with van der Waals surface area (Å²) in [5.74, 6) is 1.35. The lowest BCUT2D eigenvalue weighted by atomic mass is 10.4. The molecular weight excluding hydrogens is 194 g/mol. The Bertz CT molecular complexity index is 263. The van der Waals surface area contributed by atoms with E-state index in [0.717, 1.165) is 25.9 Å². The molecule has 15 heavy (non-hydrogen) atoms. The lowest BCUT2D eigenvalue weighted by molar-refractivity contribution is 0.194. The maximum atomic E-state index is 5.42. The summed E-state index contributed by atoms with van der Waals surface area (Å²) in [7, 11) is 1.66.